The highest BCUT2D eigenvalue weighted by atomic mass is 35.7. The zero-order chi connectivity index (χ0) is 13.9. The van der Waals surface area contributed by atoms with E-state index in [4.69, 9.17) is 10.7 Å². The lowest BCUT2D eigenvalue weighted by Gasteiger charge is -2.26. The summed E-state index contributed by atoms with van der Waals surface area (Å²) in [4.78, 5) is 1.67. The molecule has 0 aliphatic carbocycles. The molecule has 0 aliphatic rings. The highest BCUT2D eigenvalue weighted by molar-refractivity contribution is 8.13. The Labute approximate surface area is 112 Å². The largest absolute Gasteiger partial charge is 0.297 e. The van der Waals surface area contributed by atoms with Gasteiger partial charge in [0.15, 0.2) is 0 Å². The van der Waals surface area contributed by atoms with E-state index in [0.29, 0.717) is 0 Å². The first-order chi connectivity index (χ1) is 8.31. The summed E-state index contributed by atoms with van der Waals surface area (Å²) in [6.45, 7) is 7.68. The number of rotatable bonds is 5. The molecule has 0 N–H and O–H groups in total. The van der Waals surface area contributed by atoms with Gasteiger partial charge in [0.1, 0.15) is 10.7 Å². The molecule has 0 heterocycles. The van der Waals surface area contributed by atoms with Crippen molar-refractivity contribution in [2.75, 3.05) is 13.1 Å². The third-order valence-corrected chi connectivity index (χ3v) is 4.42. The maximum absolute atomic E-state index is 13.7. The molecule has 6 heteroatoms. The fourth-order valence-electron chi connectivity index (χ4n) is 1.96. The van der Waals surface area contributed by atoms with E-state index >= 15 is 0 Å². The molecule has 0 spiro atoms. The molecule has 102 valence electrons. The Morgan fingerprint density at radius 2 is 1.89 bits per heavy atom. The molecule has 18 heavy (non-hydrogen) atoms. The van der Waals surface area contributed by atoms with Crippen molar-refractivity contribution < 1.29 is 12.8 Å². The summed E-state index contributed by atoms with van der Waals surface area (Å²) in [6, 6.07) is 4.08. The van der Waals surface area contributed by atoms with Gasteiger partial charge in [-0.2, -0.15) is 0 Å². The topological polar surface area (TPSA) is 37.4 Å². The van der Waals surface area contributed by atoms with Crippen molar-refractivity contribution in [1.29, 1.82) is 0 Å². The monoisotopic (exact) mass is 293 g/mol. The lowest BCUT2D eigenvalue weighted by Crippen LogP contribution is -2.26. The summed E-state index contributed by atoms with van der Waals surface area (Å²) >= 11 is 0. The van der Waals surface area contributed by atoms with Gasteiger partial charge in [0, 0.05) is 16.7 Å². The first-order valence-electron chi connectivity index (χ1n) is 5.79. The van der Waals surface area contributed by atoms with Crippen LogP contribution in [0.2, 0.25) is 0 Å². The van der Waals surface area contributed by atoms with Gasteiger partial charge in [0.2, 0.25) is 0 Å². The normalized spacial score (nSPS) is 13.9. The van der Waals surface area contributed by atoms with Crippen molar-refractivity contribution in [3.63, 3.8) is 0 Å². The van der Waals surface area contributed by atoms with Gasteiger partial charge in [0.25, 0.3) is 9.05 Å². The van der Waals surface area contributed by atoms with Crippen LogP contribution in [0, 0.1) is 5.82 Å². The van der Waals surface area contributed by atoms with Crippen LogP contribution >= 0.6 is 10.7 Å². The second-order valence-electron chi connectivity index (χ2n) is 4.02. The fourth-order valence-corrected chi connectivity index (χ4v) is 2.85. The van der Waals surface area contributed by atoms with Crippen LogP contribution in [0.4, 0.5) is 4.39 Å². The molecule has 1 unspecified atom stereocenters. The summed E-state index contributed by atoms with van der Waals surface area (Å²) in [5.41, 5.74) is 0.736. The minimum absolute atomic E-state index is 0.0292. The first-order valence-corrected chi connectivity index (χ1v) is 8.10. The van der Waals surface area contributed by atoms with Gasteiger partial charge >= 0.3 is 0 Å². The Balaban J connectivity index is 3.12. The quantitative estimate of drug-likeness (QED) is 0.783. The number of hydrogen-bond donors (Lipinski definition) is 0. The smallest absolute Gasteiger partial charge is 0.264 e. The molecule has 0 fully saturated rings. The minimum atomic E-state index is -4.02. The average molecular weight is 294 g/mol. The van der Waals surface area contributed by atoms with Crippen molar-refractivity contribution in [2.24, 2.45) is 0 Å². The van der Waals surface area contributed by atoms with E-state index in [1.807, 2.05) is 20.8 Å². The van der Waals surface area contributed by atoms with Gasteiger partial charge in [-0.1, -0.05) is 19.9 Å². The summed E-state index contributed by atoms with van der Waals surface area (Å²) < 4.78 is 35.9. The van der Waals surface area contributed by atoms with E-state index in [9.17, 15) is 12.8 Å². The molecule has 0 saturated carbocycles. The molecule has 0 bridgehead atoms. The fraction of sp³-hybridized carbons (Fsp3) is 0.500. The molecule has 0 aliphatic heterocycles. The second-order valence-corrected chi connectivity index (χ2v) is 6.56. The van der Waals surface area contributed by atoms with E-state index < -0.39 is 19.8 Å². The number of halogens is 2. The number of benzene rings is 1. The first kappa shape index (κ1) is 15.4. The molecule has 0 amide bonds. The zero-order valence-corrected chi connectivity index (χ0v) is 12.2. The molecule has 3 nitrogen and oxygen atoms in total. The molecular weight excluding hydrogens is 277 g/mol. The highest BCUT2D eigenvalue weighted by Crippen LogP contribution is 2.25. The second kappa shape index (κ2) is 5.99. The van der Waals surface area contributed by atoms with Crippen LogP contribution in [0.3, 0.4) is 0 Å². The van der Waals surface area contributed by atoms with Crippen molar-refractivity contribution in [3.8, 4) is 0 Å². The summed E-state index contributed by atoms with van der Waals surface area (Å²) in [6.07, 6.45) is 0. The summed E-state index contributed by atoms with van der Waals surface area (Å²) in [5.74, 6) is -0.804. The molecule has 1 atom stereocenters. The molecule has 0 aromatic heterocycles. The van der Waals surface area contributed by atoms with Gasteiger partial charge in [-0.05, 0) is 37.7 Å². The maximum atomic E-state index is 13.7. The van der Waals surface area contributed by atoms with Gasteiger partial charge in [-0.15, -0.1) is 0 Å². The molecule has 0 saturated heterocycles. The van der Waals surface area contributed by atoms with E-state index in [-0.39, 0.29) is 6.04 Å². The molecule has 1 rings (SSSR count). The summed E-state index contributed by atoms with van der Waals surface area (Å²) in [5, 5.41) is 0. The van der Waals surface area contributed by atoms with Crippen molar-refractivity contribution >= 4 is 19.7 Å². The molecule has 0 radical (unpaired) electrons. The number of nitrogens with zero attached hydrogens (tertiary/aromatic N) is 1. The lowest BCUT2D eigenvalue weighted by molar-refractivity contribution is 0.234. The van der Waals surface area contributed by atoms with Crippen LogP contribution in [0.15, 0.2) is 23.1 Å². The molecular formula is C12H17ClFNO2S. The maximum Gasteiger partial charge on any atom is 0.264 e. The Bertz CT molecular complexity index is 515. The van der Waals surface area contributed by atoms with Crippen LogP contribution < -0.4 is 0 Å². The van der Waals surface area contributed by atoms with Crippen LogP contribution in [-0.2, 0) is 9.05 Å². The predicted octanol–water partition coefficient (Wildman–Crippen LogP) is 3.16. The number of hydrogen-bond acceptors (Lipinski definition) is 3. The van der Waals surface area contributed by atoms with Gasteiger partial charge in [0.05, 0.1) is 0 Å². The van der Waals surface area contributed by atoms with Crippen molar-refractivity contribution in [1.82, 2.24) is 4.90 Å². The molecule has 1 aromatic carbocycles. The van der Waals surface area contributed by atoms with Crippen LogP contribution in [0.1, 0.15) is 32.4 Å². The SMILES string of the molecule is CCN(CC)C(C)c1ccc(S(=O)(=O)Cl)c(F)c1. The van der Waals surface area contributed by atoms with E-state index in [1.54, 1.807) is 6.07 Å². The third kappa shape index (κ3) is 3.43. The van der Waals surface area contributed by atoms with Gasteiger partial charge < -0.3 is 0 Å². The van der Waals surface area contributed by atoms with Gasteiger partial charge in [-0.25, -0.2) is 12.8 Å². The van der Waals surface area contributed by atoms with Crippen molar-refractivity contribution in [2.45, 2.75) is 31.7 Å². The van der Waals surface area contributed by atoms with E-state index in [2.05, 4.69) is 4.90 Å². The predicted molar refractivity (Wildman–Crippen MR) is 70.8 cm³/mol. The van der Waals surface area contributed by atoms with Crippen LogP contribution in [0.25, 0.3) is 0 Å². The Morgan fingerprint density at radius 3 is 2.28 bits per heavy atom. The zero-order valence-electron chi connectivity index (χ0n) is 10.7. The van der Waals surface area contributed by atoms with E-state index in [1.165, 1.54) is 12.1 Å². The van der Waals surface area contributed by atoms with E-state index in [0.717, 1.165) is 18.7 Å². The summed E-state index contributed by atoms with van der Waals surface area (Å²) in [7, 11) is 1.11. The standard InChI is InChI=1S/C12H17ClFNO2S/c1-4-15(5-2)9(3)10-6-7-12(11(14)8-10)18(13,16)17/h6-9H,4-5H2,1-3H3. The minimum Gasteiger partial charge on any atom is -0.297 e. The Kier molecular flexibility index (Phi) is 5.13. The van der Waals surface area contributed by atoms with Crippen LogP contribution in [-0.4, -0.2) is 26.4 Å². The highest BCUT2D eigenvalue weighted by Gasteiger charge is 2.19. The average Bonchev–Trinajstić information content (AvgIpc) is 2.28. The Morgan fingerprint density at radius 1 is 1.33 bits per heavy atom. The van der Waals surface area contributed by atoms with Gasteiger partial charge in [-0.3, -0.25) is 4.90 Å². The van der Waals surface area contributed by atoms with Crippen molar-refractivity contribution in [3.05, 3.63) is 29.6 Å². The molecule has 1 aromatic rings. The Hall–Kier alpha value is -0.650. The third-order valence-electron chi connectivity index (χ3n) is 3.06. The van der Waals surface area contributed by atoms with Crippen LogP contribution in [0.5, 0.6) is 0 Å². The lowest BCUT2D eigenvalue weighted by atomic mass is 10.1.